The van der Waals surface area contributed by atoms with Crippen LogP contribution in [0.4, 0.5) is 79.8 Å². The first-order valence-corrected chi connectivity index (χ1v) is 14.0. The zero-order valence-corrected chi connectivity index (χ0v) is 23.9. The molecule has 0 radical (unpaired) electrons. The average molecular weight is 726 g/mol. The summed E-state index contributed by atoms with van der Waals surface area (Å²) in [5.41, 5.74) is 0. The number of alkyl halides is 16. The zero-order chi connectivity index (χ0) is 36.2. The number of rotatable bonds is 14. The van der Waals surface area contributed by atoms with Crippen molar-refractivity contribution in [1.29, 1.82) is 0 Å². The Morgan fingerprint density at radius 2 is 0.809 bits per heavy atom. The first-order valence-electron chi connectivity index (χ1n) is 14.0. The number of hydrogen-bond donors (Lipinski definition) is 2. The Bertz CT molecular complexity index is 966. The Hall–Kier alpha value is -2.58. The van der Waals surface area contributed by atoms with E-state index in [2.05, 4.69) is 20.1 Å². The highest BCUT2D eigenvalue weighted by atomic mass is 19.4. The minimum atomic E-state index is -6.52. The van der Waals surface area contributed by atoms with Gasteiger partial charge in [0.2, 0.25) is 0 Å². The molecule has 2 aliphatic rings. The van der Waals surface area contributed by atoms with Crippen LogP contribution in [0.15, 0.2) is 0 Å². The Morgan fingerprint density at radius 1 is 0.532 bits per heavy atom. The number of nitrogens with one attached hydrogen (secondary N) is 2. The van der Waals surface area contributed by atoms with Gasteiger partial charge < -0.3 is 20.1 Å². The molecule has 2 amide bonds. The molecule has 0 aliphatic heterocycles. The summed E-state index contributed by atoms with van der Waals surface area (Å²) in [6, 6.07) is -1.34. The zero-order valence-electron chi connectivity index (χ0n) is 23.9. The van der Waals surface area contributed by atoms with Gasteiger partial charge in [-0.15, -0.1) is 0 Å². The van der Waals surface area contributed by atoms with Crippen LogP contribution in [0.25, 0.3) is 0 Å². The molecular weight excluding hydrogens is 696 g/mol. The lowest BCUT2D eigenvalue weighted by molar-refractivity contribution is -0.343. The third kappa shape index (κ3) is 9.32. The van der Waals surface area contributed by atoms with E-state index in [1.165, 1.54) is 0 Å². The fourth-order valence-electron chi connectivity index (χ4n) is 5.23. The molecule has 0 unspecified atom stereocenters. The lowest BCUT2D eigenvalue weighted by Gasteiger charge is -2.34. The van der Waals surface area contributed by atoms with Gasteiger partial charge in [0.05, 0.1) is 0 Å². The first-order chi connectivity index (χ1) is 21.3. The van der Waals surface area contributed by atoms with Crippen molar-refractivity contribution < 1.29 is 89.3 Å². The highest BCUT2D eigenvalue weighted by Gasteiger charge is 2.76. The van der Waals surface area contributed by atoms with E-state index in [9.17, 15) is 79.8 Å². The molecule has 0 heterocycles. The summed E-state index contributed by atoms with van der Waals surface area (Å²) in [6.45, 7) is -5.19. The maximum absolute atomic E-state index is 13.5. The van der Waals surface area contributed by atoms with Crippen molar-refractivity contribution in [2.75, 3.05) is 13.2 Å². The minimum Gasteiger partial charge on any atom is -0.443 e. The van der Waals surface area contributed by atoms with E-state index in [1.807, 2.05) is 0 Å². The largest absolute Gasteiger partial charge is 0.443 e. The maximum atomic E-state index is 13.5. The van der Waals surface area contributed by atoms with Crippen LogP contribution in [0.2, 0.25) is 0 Å². The predicted molar refractivity (Wildman–Crippen MR) is 127 cm³/mol. The highest BCUT2D eigenvalue weighted by molar-refractivity contribution is 5.68. The van der Waals surface area contributed by atoms with Gasteiger partial charge in [-0.3, -0.25) is 0 Å². The molecule has 6 nitrogen and oxygen atoms in total. The summed E-state index contributed by atoms with van der Waals surface area (Å²) in [6.07, 6.45) is -9.91. The highest BCUT2D eigenvalue weighted by Crippen LogP contribution is 2.50. The quantitative estimate of drug-likeness (QED) is 0.177. The number of hydrogen-bond acceptors (Lipinski definition) is 4. The fraction of sp³-hybridized carbons (Fsp3) is 0.920. The molecule has 0 spiro atoms. The van der Waals surface area contributed by atoms with Crippen molar-refractivity contribution >= 4 is 12.2 Å². The van der Waals surface area contributed by atoms with Crippen LogP contribution in [0.1, 0.15) is 57.8 Å². The third-order valence-corrected chi connectivity index (χ3v) is 8.08. The summed E-state index contributed by atoms with van der Waals surface area (Å²) in [4.78, 5) is 23.5. The molecule has 276 valence electrons. The summed E-state index contributed by atoms with van der Waals surface area (Å²) >= 11 is 0. The van der Waals surface area contributed by atoms with Crippen LogP contribution in [-0.2, 0) is 9.47 Å². The summed E-state index contributed by atoms with van der Waals surface area (Å²) < 4.78 is 215. The van der Waals surface area contributed by atoms with Crippen LogP contribution < -0.4 is 10.6 Å². The number of carbonyl (C=O) groups excluding carboxylic acids is 2. The van der Waals surface area contributed by atoms with Crippen LogP contribution in [-0.4, -0.2) is 85.9 Å². The van der Waals surface area contributed by atoms with E-state index in [1.54, 1.807) is 0 Å². The molecule has 2 rings (SSSR count). The Balaban J connectivity index is 1.71. The second kappa shape index (κ2) is 14.9. The van der Waals surface area contributed by atoms with E-state index >= 15 is 0 Å². The summed E-state index contributed by atoms with van der Waals surface area (Å²) in [7, 11) is 0. The van der Waals surface area contributed by atoms with Gasteiger partial charge in [-0.25, -0.2) is 27.2 Å². The maximum Gasteiger partial charge on any atom is 0.407 e. The number of carbonyl (C=O) groups is 2. The van der Waals surface area contributed by atoms with Crippen LogP contribution in [0.5, 0.6) is 0 Å². The van der Waals surface area contributed by atoms with Gasteiger partial charge in [0.25, 0.3) is 0 Å². The second-order valence-corrected chi connectivity index (χ2v) is 11.5. The molecule has 2 aliphatic carbocycles. The average Bonchev–Trinajstić information content (AvgIpc) is 2.96. The topological polar surface area (TPSA) is 76.7 Å². The van der Waals surface area contributed by atoms with Crippen LogP contribution >= 0.6 is 0 Å². The molecule has 2 saturated carbocycles. The van der Waals surface area contributed by atoms with Crippen molar-refractivity contribution in [2.45, 2.75) is 118 Å². The number of amides is 2. The van der Waals surface area contributed by atoms with E-state index in [0.717, 1.165) is 0 Å². The number of alkyl carbamates (subject to hydrolysis) is 2. The van der Waals surface area contributed by atoms with E-state index in [-0.39, 0.29) is 37.5 Å². The molecule has 0 atom stereocenters. The van der Waals surface area contributed by atoms with Gasteiger partial charge in [0, 0.05) is 12.1 Å². The number of halogens is 16. The van der Waals surface area contributed by atoms with Crippen molar-refractivity contribution in [2.24, 2.45) is 11.8 Å². The molecule has 0 aromatic rings. The Morgan fingerprint density at radius 3 is 1.06 bits per heavy atom. The van der Waals surface area contributed by atoms with Crippen LogP contribution in [0.3, 0.4) is 0 Å². The summed E-state index contributed by atoms with van der Waals surface area (Å²) in [5, 5.41) is 4.21. The van der Waals surface area contributed by atoms with Gasteiger partial charge >= 0.3 is 60.6 Å². The fourth-order valence-corrected chi connectivity index (χ4v) is 5.23. The first kappa shape index (κ1) is 40.6. The molecule has 2 fully saturated rings. The second-order valence-electron chi connectivity index (χ2n) is 11.5. The monoisotopic (exact) mass is 726 g/mol. The van der Waals surface area contributed by atoms with E-state index < -0.39 is 85.9 Å². The molecule has 0 aromatic carbocycles. The molecule has 0 aromatic heterocycles. The van der Waals surface area contributed by atoms with Crippen molar-refractivity contribution in [3.63, 3.8) is 0 Å². The Kier molecular flexibility index (Phi) is 12.9. The lowest BCUT2D eigenvalue weighted by atomic mass is 9.76. The third-order valence-electron chi connectivity index (χ3n) is 8.08. The summed E-state index contributed by atoms with van der Waals surface area (Å²) in [5.74, 6) is -37.3. The molecule has 0 saturated heterocycles. The van der Waals surface area contributed by atoms with Gasteiger partial charge in [-0.05, 0) is 69.6 Å². The molecule has 2 N–H and O–H groups in total. The molecule has 47 heavy (non-hydrogen) atoms. The number of ether oxygens (including phenoxy) is 2. The molecule has 0 bridgehead atoms. The van der Waals surface area contributed by atoms with Crippen molar-refractivity contribution in [3.8, 4) is 0 Å². The smallest absolute Gasteiger partial charge is 0.407 e. The van der Waals surface area contributed by atoms with Gasteiger partial charge in [-0.1, -0.05) is 0 Å². The van der Waals surface area contributed by atoms with E-state index in [0.29, 0.717) is 32.1 Å². The van der Waals surface area contributed by atoms with Gasteiger partial charge in [0.15, 0.2) is 13.2 Å². The molecular formula is C25H30F16N2O4. The normalized spacial score (nSPS) is 23.9. The van der Waals surface area contributed by atoms with Gasteiger partial charge in [0.1, 0.15) is 0 Å². The lowest BCUT2D eigenvalue weighted by Crippen LogP contribution is -2.59. The van der Waals surface area contributed by atoms with Crippen molar-refractivity contribution in [1.82, 2.24) is 10.6 Å². The van der Waals surface area contributed by atoms with Crippen LogP contribution in [0, 0.1) is 11.8 Å². The Labute approximate surface area is 256 Å². The van der Waals surface area contributed by atoms with Crippen molar-refractivity contribution in [3.05, 3.63) is 0 Å². The predicted octanol–water partition coefficient (Wildman–Crippen LogP) is 8.29. The van der Waals surface area contributed by atoms with E-state index in [4.69, 9.17) is 0 Å². The standard InChI is InChI=1S/C25H30F16N2O4/c26-16(27)22(34,35)24(38,39)20(30,31)10-46-18(44)42-14-5-1-12(2-6-14)9-13-3-7-15(8-4-13)43-19(45)47-11-21(32,33)25(40,41)23(36,37)17(28)29/h12-17H,1-11H2,(H,42,44)(H,43,45). The SMILES string of the molecule is O=C(NC1CCC(CC2CCC(NC(=O)OCC(F)(F)C(F)(F)C(F)(F)C(F)F)CC2)CC1)OCC(F)(F)C(F)(F)C(F)(F)C(F)F. The van der Waals surface area contributed by atoms with Gasteiger partial charge in [-0.2, -0.15) is 52.7 Å². The minimum absolute atomic E-state index is 0.0819. The molecule has 22 heteroatoms.